The number of carboxylic acid groups (broad SMARTS) is 1. The lowest BCUT2D eigenvalue weighted by atomic mass is 9.71. The molecule has 3 heteroatoms. The molecule has 3 nitrogen and oxygen atoms in total. The van der Waals surface area contributed by atoms with E-state index in [0.717, 1.165) is 24.0 Å². The van der Waals surface area contributed by atoms with Crippen molar-refractivity contribution in [2.24, 2.45) is 0 Å². The molecule has 86 valence electrons. The Kier molecular flexibility index (Phi) is 2.62. The summed E-state index contributed by atoms with van der Waals surface area (Å²) in [6.07, 6.45) is 2.54. The summed E-state index contributed by atoms with van der Waals surface area (Å²) in [6.45, 7) is 1.79. The summed E-state index contributed by atoms with van der Waals surface area (Å²) in [5.41, 5.74) is 1.16. The molecule has 1 aromatic rings. The maximum absolute atomic E-state index is 11.5. The van der Waals surface area contributed by atoms with Crippen LogP contribution in [0.2, 0.25) is 0 Å². The van der Waals surface area contributed by atoms with Gasteiger partial charge in [0, 0.05) is 5.56 Å². The van der Waals surface area contributed by atoms with Crippen molar-refractivity contribution in [3.8, 4) is 5.75 Å². The quantitative estimate of drug-likeness (QED) is 0.832. The van der Waals surface area contributed by atoms with Crippen LogP contribution in [0.5, 0.6) is 5.75 Å². The van der Waals surface area contributed by atoms with Crippen molar-refractivity contribution in [1.29, 1.82) is 0 Å². The molecule has 1 aliphatic rings. The van der Waals surface area contributed by atoms with Crippen molar-refractivity contribution in [3.63, 3.8) is 0 Å². The van der Waals surface area contributed by atoms with E-state index in [9.17, 15) is 9.90 Å². The Labute approximate surface area is 95.0 Å². The fourth-order valence-corrected chi connectivity index (χ4v) is 2.55. The summed E-state index contributed by atoms with van der Waals surface area (Å²) in [4.78, 5) is 11.5. The van der Waals surface area contributed by atoms with E-state index >= 15 is 0 Å². The molecule has 1 aromatic carbocycles. The molecule has 1 aliphatic carbocycles. The monoisotopic (exact) mass is 220 g/mol. The van der Waals surface area contributed by atoms with Crippen LogP contribution < -0.4 is 4.74 Å². The van der Waals surface area contributed by atoms with E-state index in [0.29, 0.717) is 12.2 Å². The van der Waals surface area contributed by atoms with Crippen molar-refractivity contribution in [3.05, 3.63) is 29.3 Å². The first kappa shape index (κ1) is 11.0. The second-order valence-electron chi connectivity index (χ2n) is 4.49. The number of aryl methyl sites for hydroxylation is 1. The van der Waals surface area contributed by atoms with Crippen molar-refractivity contribution in [2.45, 2.75) is 31.6 Å². The fourth-order valence-electron chi connectivity index (χ4n) is 2.55. The molecular formula is C13H16O3. The first-order chi connectivity index (χ1) is 7.59. The van der Waals surface area contributed by atoms with Crippen LogP contribution in [0.1, 0.15) is 30.9 Å². The zero-order valence-electron chi connectivity index (χ0n) is 9.62. The van der Waals surface area contributed by atoms with Crippen LogP contribution in [0.4, 0.5) is 0 Å². The molecule has 0 fully saturated rings. The number of aliphatic carboxylic acids is 1. The molecule has 0 aromatic heterocycles. The van der Waals surface area contributed by atoms with Gasteiger partial charge in [0.25, 0.3) is 0 Å². The lowest BCUT2D eigenvalue weighted by Crippen LogP contribution is -2.36. The number of fused-ring (bicyclic) bond motifs is 1. The predicted octanol–water partition coefficient (Wildman–Crippen LogP) is 2.37. The Balaban J connectivity index is 2.64. The Morgan fingerprint density at radius 2 is 2.25 bits per heavy atom. The number of carbonyl (C=O) groups is 1. The fraction of sp³-hybridized carbons (Fsp3) is 0.462. The van der Waals surface area contributed by atoms with Gasteiger partial charge in [0.1, 0.15) is 5.75 Å². The smallest absolute Gasteiger partial charge is 0.313 e. The van der Waals surface area contributed by atoms with Crippen LogP contribution in [0.15, 0.2) is 18.2 Å². The van der Waals surface area contributed by atoms with E-state index < -0.39 is 11.4 Å². The molecule has 1 N–H and O–H groups in total. The highest BCUT2D eigenvalue weighted by Gasteiger charge is 2.41. The highest BCUT2D eigenvalue weighted by atomic mass is 16.5. The van der Waals surface area contributed by atoms with Crippen LogP contribution >= 0.6 is 0 Å². The van der Waals surface area contributed by atoms with Gasteiger partial charge in [-0.2, -0.15) is 0 Å². The third-order valence-corrected chi connectivity index (χ3v) is 3.48. The summed E-state index contributed by atoms with van der Waals surface area (Å²) in [5.74, 6) is -0.0694. The van der Waals surface area contributed by atoms with E-state index in [2.05, 4.69) is 0 Å². The van der Waals surface area contributed by atoms with Crippen molar-refractivity contribution < 1.29 is 14.6 Å². The topological polar surface area (TPSA) is 46.5 Å². The SMILES string of the molecule is COc1cccc2c1C(C)(C(=O)O)CCC2. The van der Waals surface area contributed by atoms with E-state index in [1.165, 1.54) is 0 Å². The Morgan fingerprint density at radius 3 is 2.88 bits per heavy atom. The van der Waals surface area contributed by atoms with Gasteiger partial charge in [0.2, 0.25) is 0 Å². The maximum atomic E-state index is 11.5. The Hall–Kier alpha value is -1.51. The van der Waals surface area contributed by atoms with Crippen LogP contribution in [0.25, 0.3) is 0 Å². The third kappa shape index (κ3) is 1.47. The number of carboxylic acids is 1. The summed E-state index contributed by atoms with van der Waals surface area (Å²) >= 11 is 0. The summed E-state index contributed by atoms with van der Waals surface area (Å²) < 4.78 is 5.29. The van der Waals surface area contributed by atoms with Crippen molar-refractivity contribution in [1.82, 2.24) is 0 Å². The predicted molar refractivity (Wildman–Crippen MR) is 60.9 cm³/mol. The number of rotatable bonds is 2. The number of hydrogen-bond donors (Lipinski definition) is 1. The number of hydrogen-bond acceptors (Lipinski definition) is 2. The van der Waals surface area contributed by atoms with Crippen LogP contribution in [0, 0.1) is 0 Å². The number of benzene rings is 1. The molecule has 0 saturated carbocycles. The summed E-state index contributed by atoms with van der Waals surface area (Å²) in [6, 6.07) is 5.76. The van der Waals surface area contributed by atoms with E-state index in [1.54, 1.807) is 14.0 Å². The van der Waals surface area contributed by atoms with Gasteiger partial charge in [-0.3, -0.25) is 4.79 Å². The van der Waals surface area contributed by atoms with Crippen LogP contribution in [-0.2, 0) is 16.6 Å². The van der Waals surface area contributed by atoms with Gasteiger partial charge in [-0.1, -0.05) is 12.1 Å². The van der Waals surface area contributed by atoms with Crippen molar-refractivity contribution in [2.75, 3.05) is 7.11 Å². The molecule has 0 heterocycles. The van der Waals surface area contributed by atoms with E-state index in [1.807, 2.05) is 18.2 Å². The lowest BCUT2D eigenvalue weighted by molar-refractivity contribution is -0.143. The molecule has 2 rings (SSSR count). The third-order valence-electron chi connectivity index (χ3n) is 3.48. The average molecular weight is 220 g/mol. The first-order valence-corrected chi connectivity index (χ1v) is 5.49. The number of ether oxygens (including phenoxy) is 1. The highest BCUT2D eigenvalue weighted by Crippen LogP contribution is 2.42. The molecule has 0 radical (unpaired) electrons. The highest BCUT2D eigenvalue weighted by molar-refractivity contribution is 5.83. The molecule has 0 spiro atoms. The Morgan fingerprint density at radius 1 is 1.50 bits per heavy atom. The maximum Gasteiger partial charge on any atom is 0.313 e. The Bertz CT molecular complexity index is 411. The second-order valence-corrected chi connectivity index (χ2v) is 4.49. The largest absolute Gasteiger partial charge is 0.496 e. The summed E-state index contributed by atoms with van der Waals surface area (Å²) in [5, 5.41) is 9.41. The van der Waals surface area contributed by atoms with Gasteiger partial charge in [-0.05, 0) is 37.8 Å². The molecule has 1 atom stereocenters. The molecule has 0 aliphatic heterocycles. The molecule has 0 saturated heterocycles. The minimum Gasteiger partial charge on any atom is -0.496 e. The average Bonchev–Trinajstić information content (AvgIpc) is 2.28. The zero-order valence-corrected chi connectivity index (χ0v) is 9.62. The molecule has 16 heavy (non-hydrogen) atoms. The standard InChI is InChI=1S/C13H16O3/c1-13(12(14)15)8-4-6-9-5-3-7-10(16-2)11(9)13/h3,5,7H,4,6,8H2,1-2H3,(H,14,15). The van der Waals surface area contributed by atoms with E-state index in [-0.39, 0.29) is 0 Å². The van der Waals surface area contributed by atoms with Gasteiger partial charge in [0.15, 0.2) is 0 Å². The minimum atomic E-state index is -0.805. The van der Waals surface area contributed by atoms with Gasteiger partial charge >= 0.3 is 5.97 Å². The normalized spacial score (nSPS) is 23.6. The van der Waals surface area contributed by atoms with Gasteiger partial charge in [-0.25, -0.2) is 0 Å². The van der Waals surface area contributed by atoms with E-state index in [4.69, 9.17) is 4.74 Å². The molecule has 1 unspecified atom stereocenters. The van der Waals surface area contributed by atoms with Crippen LogP contribution in [0.3, 0.4) is 0 Å². The minimum absolute atomic E-state index is 0.676. The number of methoxy groups -OCH3 is 1. The van der Waals surface area contributed by atoms with Gasteiger partial charge in [-0.15, -0.1) is 0 Å². The first-order valence-electron chi connectivity index (χ1n) is 5.49. The molecular weight excluding hydrogens is 204 g/mol. The van der Waals surface area contributed by atoms with Gasteiger partial charge in [0.05, 0.1) is 12.5 Å². The second kappa shape index (κ2) is 3.81. The lowest BCUT2D eigenvalue weighted by Gasteiger charge is -2.33. The van der Waals surface area contributed by atoms with Crippen LogP contribution in [-0.4, -0.2) is 18.2 Å². The molecule has 0 amide bonds. The zero-order chi connectivity index (χ0) is 11.8. The van der Waals surface area contributed by atoms with Crippen molar-refractivity contribution >= 4 is 5.97 Å². The summed E-state index contributed by atoms with van der Waals surface area (Å²) in [7, 11) is 1.59. The molecule has 0 bridgehead atoms. The van der Waals surface area contributed by atoms with Gasteiger partial charge < -0.3 is 9.84 Å².